The van der Waals surface area contributed by atoms with Crippen molar-refractivity contribution >= 4 is 44.9 Å². The van der Waals surface area contributed by atoms with Crippen molar-refractivity contribution in [3.63, 3.8) is 0 Å². The number of thiazole rings is 1. The Morgan fingerprint density at radius 2 is 2.14 bits per heavy atom. The van der Waals surface area contributed by atoms with Crippen LogP contribution in [0, 0.1) is 20.8 Å². The fourth-order valence-corrected chi connectivity index (χ4v) is 3.20. The van der Waals surface area contributed by atoms with Gasteiger partial charge >= 0.3 is 0 Å². The van der Waals surface area contributed by atoms with Gasteiger partial charge in [-0.25, -0.2) is 4.98 Å². The van der Waals surface area contributed by atoms with Crippen LogP contribution >= 0.6 is 22.9 Å². The van der Waals surface area contributed by atoms with Crippen molar-refractivity contribution in [3.8, 4) is 0 Å². The van der Waals surface area contributed by atoms with E-state index >= 15 is 0 Å². The SMILES string of the molecule is Cc1cc2occ(CC(=O)Nc3nc(C)c(C)s3)c2cc1Cl. The minimum absolute atomic E-state index is 0.117. The van der Waals surface area contributed by atoms with E-state index < -0.39 is 0 Å². The van der Waals surface area contributed by atoms with Gasteiger partial charge in [-0.2, -0.15) is 0 Å². The van der Waals surface area contributed by atoms with E-state index in [0.717, 1.165) is 32.7 Å². The number of amides is 1. The Bertz CT molecular complexity index is 847. The topological polar surface area (TPSA) is 55.1 Å². The molecule has 114 valence electrons. The van der Waals surface area contributed by atoms with E-state index in [1.54, 1.807) is 6.26 Å². The van der Waals surface area contributed by atoms with Gasteiger partial charge < -0.3 is 9.73 Å². The normalized spacial score (nSPS) is 11.1. The Balaban J connectivity index is 1.80. The zero-order chi connectivity index (χ0) is 15.9. The van der Waals surface area contributed by atoms with E-state index in [4.69, 9.17) is 16.0 Å². The van der Waals surface area contributed by atoms with Crippen LogP contribution in [-0.2, 0) is 11.2 Å². The standard InChI is InChI=1S/C16H15ClN2O2S/c1-8-4-14-12(6-13(8)17)11(7-21-14)5-15(20)19-16-18-9(2)10(3)22-16/h4,6-7H,5H2,1-3H3,(H,18,19,20). The summed E-state index contributed by atoms with van der Waals surface area (Å²) in [5, 5.41) is 4.99. The molecule has 0 aliphatic heterocycles. The molecule has 2 heterocycles. The number of halogens is 1. The molecule has 0 bridgehead atoms. The van der Waals surface area contributed by atoms with Gasteiger partial charge in [-0.05, 0) is 38.5 Å². The molecule has 6 heteroatoms. The molecule has 0 spiro atoms. The Morgan fingerprint density at radius 1 is 1.36 bits per heavy atom. The molecule has 3 rings (SSSR count). The van der Waals surface area contributed by atoms with Gasteiger partial charge in [-0.1, -0.05) is 11.6 Å². The van der Waals surface area contributed by atoms with Crippen molar-refractivity contribution in [2.75, 3.05) is 5.32 Å². The Kier molecular flexibility index (Phi) is 3.93. The smallest absolute Gasteiger partial charge is 0.230 e. The highest BCUT2D eigenvalue weighted by Crippen LogP contribution is 2.28. The Morgan fingerprint density at radius 3 is 2.82 bits per heavy atom. The Hall–Kier alpha value is -1.85. The van der Waals surface area contributed by atoms with Crippen molar-refractivity contribution in [3.05, 3.63) is 45.1 Å². The minimum atomic E-state index is -0.117. The van der Waals surface area contributed by atoms with Gasteiger partial charge in [0.2, 0.25) is 5.91 Å². The molecule has 0 unspecified atom stereocenters. The first-order valence-electron chi connectivity index (χ1n) is 6.84. The van der Waals surface area contributed by atoms with Gasteiger partial charge in [0.1, 0.15) is 5.58 Å². The van der Waals surface area contributed by atoms with Gasteiger partial charge in [-0.3, -0.25) is 4.79 Å². The van der Waals surface area contributed by atoms with Gasteiger partial charge in [0.15, 0.2) is 5.13 Å². The van der Waals surface area contributed by atoms with E-state index in [-0.39, 0.29) is 12.3 Å². The molecule has 0 aliphatic rings. The average Bonchev–Trinajstić information content (AvgIpc) is 2.95. The van der Waals surface area contributed by atoms with Crippen LogP contribution in [-0.4, -0.2) is 10.9 Å². The summed E-state index contributed by atoms with van der Waals surface area (Å²) in [6, 6.07) is 3.72. The molecule has 1 N–H and O–H groups in total. The monoisotopic (exact) mass is 334 g/mol. The van der Waals surface area contributed by atoms with Crippen LogP contribution < -0.4 is 5.32 Å². The molecular weight excluding hydrogens is 320 g/mol. The summed E-state index contributed by atoms with van der Waals surface area (Å²) in [5.74, 6) is -0.117. The number of carbonyl (C=O) groups is 1. The van der Waals surface area contributed by atoms with Crippen LogP contribution in [0.3, 0.4) is 0 Å². The molecule has 0 radical (unpaired) electrons. The first-order chi connectivity index (χ1) is 10.4. The van der Waals surface area contributed by atoms with E-state index in [0.29, 0.717) is 10.2 Å². The number of fused-ring (bicyclic) bond motifs is 1. The summed E-state index contributed by atoms with van der Waals surface area (Å²) in [7, 11) is 0. The highest BCUT2D eigenvalue weighted by molar-refractivity contribution is 7.15. The highest BCUT2D eigenvalue weighted by atomic mass is 35.5. The van der Waals surface area contributed by atoms with E-state index in [1.165, 1.54) is 11.3 Å². The summed E-state index contributed by atoms with van der Waals surface area (Å²) in [6.45, 7) is 5.83. The number of carbonyl (C=O) groups excluding carboxylic acids is 1. The van der Waals surface area contributed by atoms with E-state index in [1.807, 2.05) is 32.9 Å². The predicted octanol–water partition coefficient (Wildman–Crippen LogP) is 4.65. The summed E-state index contributed by atoms with van der Waals surface area (Å²) in [5.41, 5.74) is 3.45. The summed E-state index contributed by atoms with van der Waals surface area (Å²) >= 11 is 7.63. The molecule has 22 heavy (non-hydrogen) atoms. The second-order valence-electron chi connectivity index (χ2n) is 5.24. The second-order valence-corrected chi connectivity index (χ2v) is 6.85. The van der Waals surface area contributed by atoms with Crippen LogP contribution in [0.4, 0.5) is 5.13 Å². The molecule has 3 aromatic rings. The number of rotatable bonds is 3. The number of benzene rings is 1. The third-order valence-electron chi connectivity index (χ3n) is 3.56. The number of furan rings is 1. The number of anilines is 1. The van der Waals surface area contributed by atoms with Crippen molar-refractivity contribution in [2.45, 2.75) is 27.2 Å². The summed E-state index contributed by atoms with van der Waals surface area (Å²) < 4.78 is 5.51. The van der Waals surface area contributed by atoms with Gasteiger partial charge in [0.05, 0.1) is 18.4 Å². The third-order valence-corrected chi connectivity index (χ3v) is 4.96. The molecule has 0 saturated carbocycles. The fraction of sp³-hybridized carbons (Fsp3) is 0.250. The number of hydrogen-bond donors (Lipinski definition) is 1. The minimum Gasteiger partial charge on any atom is -0.464 e. The average molecular weight is 335 g/mol. The van der Waals surface area contributed by atoms with E-state index in [2.05, 4.69) is 10.3 Å². The molecule has 0 aliphatic carbocycles. The molecule has 0 saturated heterocycles. The van der Waals surface area contributed by atoms with Crippen molar-refractivity contribution in [2.24, 2.45) is 0 Å². The van der Waals surface area contributed by atoms with Crippen molar-refractivity contribution in [1.29, 1.82) is 0 Å². The zero-order valence-corrected chi connectivity index (χ0v) is 14.1. The number of nitrogens with zero attached hydrogens (tertiary/aromatic N) is 1. The fourth-order valence-electron chi connectivity index (χ4n) is 2.20. The predicted molar refractivity (Wildman–Crippen MR) is 89.9 cm³/mol. The second kappa shape index (κ2) is 5.74. The van der Waals surface area contributed by atoms with E-state index in [9.17, 15) is 4.79 Å². The summed E-state index contributed by atoms with van der Waals surface area (Å²) in [6.07, 6.45) is 1.84. The van der Waals surface area contributed by atoms with Gasteiger partial charge in [-0.15, -0.1) is 11.3 Å². The largest absolute Gasteiger partial charge is 0.464 e. The van der Waals surface area contributed by atoms with Gasteiger partial charge in [0.25, 0.3) is 0 Å². The van der Waals surface area contributed by atoms with Crippen LogP contribution in [0.15, 0.2) is 22.8 Å². The maximum Gasteiger partial charge on any atom is 0.230 e. The molecular formula is C16H15ClN2O2S. The third kappa shape index (κ3) is 2.87. The maximum absolute atomic E-state index is 12.2. The molecule has 2 aromatic heterocycles. The lowest BCUT2D eigenvalue weighted by molar-refractivity contribution is -0.115. The lowest BCUT2D eigenvalue weighted by Crippen LogP contribution is -2.14. The van der Waals surface area contributed by atoms with Gasteiger partial charge in [0, 0.05) is 20.8 Å². The maximum atomic E-state index is 12.2. The molecule has 0 atom stereocenters. The van der Waals surface area contributed by atoms with Crippen molar-refractivity contribution in [1.82, 2.24) is 4.98 Å². The number of aromatic nitrogens is 1. The van der Waals surface area contributed by atoms with Crippen LogP contribution in [0.1, 0.15) is 21.7 Å². The number of nitrogens with one attached hydrogen (secondary N) is 1. The highest BCUT2D eigenvalue weighted by Gasteiger charge is 2.14. The molecule has 0 fully saturated rings. The van der Waals surface area contributed by atoms with Crippen LogP contribution in [0.25, 0.3) is 11.0 Å². The quantitative estimate of drug-likeness (QED) is 0.758. The molecule has 1 amide bonds. The lowest BCUT2D eigenvalue weighted by atomic mass is 10.1. The molecule has 4 nitrogen and oxygen atoms in total. The summed E-state index contributed by atoms with van der Waals surface area (Å²) in [4.78, 5) is 17.6. The first kappa shape index (κ1) is 15.1. The van der Waals surface area contributed by atoms with Crippen LogP contribution in [0.2, 0.25) is 5.02 Å². The van der Waals surface area contributed by atoms with Crippen LogP contribution in [0.5, 0.6) is 0 Å². The number of aryl methyl sites for hydroxylation is 3. The van der Waals surface area contributed by atoms with Crippen molar-refractivity contribution < 1.29 is 9.21 Å². The Labute approximate surface area is 137 Å². The zero-order valence-electron chi connectivity index (χ0n) is 12.5. The lowest BCUT2D eigenvalue weighted by Gasteiger charge is -2.01. The molecule has 1 aromatic carbocycles. The first-order valence-corrected chi connectivity index (χ1v) is 8.03. The number of hydrogen-bond acceptors (Lipinski definition) is 4.